The van der Waals surface area contributed by atoms with Crippen LogP contribution in [-0.4, -0.2) is 23.8 Å². The van der Waals surface area contributed by atoms with Crippen LogP contribution in [0.2, 0.25) is 0 Å². The molecule has 4 nitrogen and oxygen atoms in total. The minimum absolute atomic E-state index is 0.339. The molecule has 0 aliphatic carbocycles. The number of ether oxygens (including phenoxy) is 1. The molecule has 1 saturated heterocycles. The van der Waals surface area contributed by atoms with E-state index in [1.165, 1.54) is 6.08 Å². The van der Waals surface area contributed by atoms with E-state index in [0.29, 0.717) is 19.4 Å². The third-order valence-corrected chi connectivity index (χ3v) is 2.85. The molecule has 0 aromatic carbocycles. The summed E-state index contributed by atoms with van der Waals surface area (Å²) < 4.78 is 5.58. The van der Waals surface area contributed by atoms with E-state index < -0.39 is 5.54 Å². The second-order valence-electron chi connectivity index (χ2n) is 3.93. The number of carbonyl (C=O) groups excluding carboxylic acids is 1. The van der Waals surface area contributed by atoms with Crippen LogP contribution in [0.1, 0.15) is 33.1 Å². The largest absolute Gasteiger partial charge is 0.375 e. The molecule has 1 fully saturated rings. The first-order valence-electron chi connectivity index (χ1n) is 4.74. The van der Waals surface area contributed by atoms with Gasteiger partial charge in [-0.2, -0.15) is 10.3 Å². The number of hydrogen-bond acceptors (Lipinski definition) is 4. The Hall–Kier alpha value is -1.17. The van der Waals surface area contributed by atoms with Gasteiger partial charge in [-0.1, -0.05) is 6.92 Å². The van der Waals surface area contributed by atoms with Gasteiger partial charge in [0.1, 0.15) is 0 Å². The minimum Gasteiger partial charge on any atom is -0.375 e. The van der Waals surface area contributed by atoms with E-state index in [-0.39, 0.29) is 5.60 Å². The molecule has 0 aromatic heterocycles. The third kappa shape index (κ3) is 2.01. The molecule has 14 heavy (non-hydrogen) atoms. The molecule has 0 spiro atoms. The Labute approximate surface area is 83.6 Å². The summed E-state index contributed by atoms with van der Waals surface area (Å²) in [6.45, 7) is 4.42. The SMILES string of the molecule is CCC1(C)CC(C#N)(N=C=O)CCO1. The summed E-state index contributed by atoms with van der Waals surface area (Å²) in [5.41, 5.74) is -1.25. The van der Waals surface area contributed by atoms with Crippen molar-refractivity contribution in [2.45, 2.75) is 44.2 Å². The highest BCUT2D eigenvalue weighted by Crippen LogP contribution is 2.36. The maximum Gasteiger partial charge on any atom is 0.236 e. The van der Waals surface area contributed by atoms with Crippen LogP contribution in [-0.2, 0) is 9.53 Å². The van der Waals surface area contributed by atoms with Crippen molar-refractivity contribution in [2.24, 2.45) is 4.99 Å². The number of hydrogen-bond donors (Lipinski definition) is 0. The number of nitriles is 1. The van der Waals surface area contributed by atoms with Crippen LogP contribution in [0.4, 0.5) is 0 Å². The lowest BCUT2D eigenvalue weighted by Gasteiger charge is -2.39. The lowest BCUT2D eigenvalue weighted by molar-refractivity contribution is -0.0837. The Morgan fingerprint density at radius 3 is 2.86 bits per heavy atom. The summed E-state index contributed by atoms with van der Waals surface area (Å²) in [5.74, 6) is 0. The molecule has 2 unspecified atom stereocenters. The Balaban J connectivity index is 2.91. The predicted molar refractivity (Wildman–Crippen MR) is 50.3 cm³/mol. The van der Waals surface area contributed by atoms with E-state index in [4.69, 9.17) is 10.00 Å². The van der Waals surface area contributed by atoms with Crippen molar-refractivity contribution in [3.63, 3.8) is 0 Å². The lowest BCUT2D eigenvalue weighted by Crippen LogP contribution is -2.45. The number of aliphatic imine (C=N–C) groups is 1. The van der Waals surface area contributed by atoms with E-state index in [1.54, 1.807) is 0 Å². The van der Waals surface area contributed by atoms with E-state index >= 15 is 0 Å². The number of rotatable bonds is 2. The highest BCUT2D eigenvalue weighted by molar-refractivity contribution is 5.37. The Morgan fingerprint density at radius 1 is 1.64 bits per heavy atom. The zero-order valence-electron chi connectivity index (χ0n) is 8.54. The summed E-state index contributed by atoms with van der Waals surface area (Å²) in [6, 6.07) is 2.10. The molecule has 1 aliphatic rings. The Bertz CT molecular complexity index is 304. The van der Waals surface area contributed by atoms with Crippen LogP contribution >= 0.6 is 0 Å². The normalized spacial score (nSPS) is 36.9. The summed E-state index contributed by atoms with van der Waals surface area (Å²) in [6.07, 6.45) is 3.25. The van der Waals surface area contributed by atoms with Gasteiger partial charge in [0.25, 0.3) is 0 Å². The van der Waals surface area contributed by atoms with Crippen LogP contribution in [0.15, 0.2) is 4.99 Å². The first kappa shape index (κ1) is 10.9. The fraction of sp³-hybridized carbons (Fsp3) is 0.800. The zero-order chi connectivity index (χ0) is 10.7. The highest BCUT2D eigenvalue weighted by Gasteiger charge is 2.43. The van der Waals surface area contributed by atoms with Gasteiger partial charge in [0.05, 0.1) is 18.3 Å². The zero-order valence-corrected chi connectivity index (χ0v) is 8.54. The summed E-state index contributed by atoms with van der Waals surface area (Å²) in [5, 5.41) is 9.02. The highest BCUT2D eigenvalue weighted by atomic mass is 16.5. The van der Waals surface area contributed by atoms with Gasteiger partial charge in [-0.05, 0) is 13.3 Å². The van der Waals surface area contributed by atoms with E-state index in [0.717, 1.165) is 6.42 Å². The first-order valence-corrected chi connectivity index (χ1v) is 4.74. The molecule has 76 valence electrons. The van der Waals surface area contributed by atoms with Crippen molar-refractivity contribution >= 4 is 6.08 Å². The van der Waals surface area contributed by atoms with Crippen molar-refractivity contribution in [3.8, 4) is 6.07 Å². The molecule has 2 atom stereocenters. The first-order chi connectivity index (χ1) is 6.60. The second-order valence-corrected chi connectivity index (χ2v) is 3.93. The predicted octanol–water partition coefficient (Wildman–Crippen LogP) is 1.56. The fourth-order valence-electron chi connectivity index (χ4n) is 1.75. The average Bonchev–Trinajstić information content (AvgIpc) is 2.18. The molecule has 0 bridgehead atoms. The topological polar surface area (TPSA) is 62.5 Å². The second kappa shape index (κ2) is 3.91. The van der Waals surface area contributed by atoms with Gasteiger partial charge in [0.15, 0.2) is 5.54 Å². The third-order valence-electron chi connectivity index (χ3n) is 2.85. The summed E-state index contributed by atoms with van der Waals surface area (Å²) >= 11 is 0. The smallest absolute Gasteiger partial charge is 0.236 e. The van der Waals surface area contributed by atoms with Gasteiger partial charge >= 0.3 is 0 Å². The summed E-state index contributed by atoms with van der Waals surface area (Å²) in [7, 11) is 0. The maximum absolute atomic E-state index is 10.3. The van der Waals surface area contributed by atoms with E-state index in [1.807, 2.05) is 13.8 Å². The molecule has 0 radical (unpaired) electrons. The van der Waals surface area contributed by atoms with Gasteiger partial charge in [0.2, 0.25) is 6.08 Å². The van der Waals surface area contributed by atoms with Crippen molar-refractivity contribution in [1.29, 1.82) is 5.26 Å². The quantitative estimate of drug-likeness (QED) is 0.495. The van der Waals surface area contributed by atoms with Crippen LogP contribution in [0, 0.1) is 11.3 Å². The molecule has 0 saturated carbocycles. The van der Waals surface area contributed by atoms with Crippen molar-refractivity contribution < 1.29 is 9.53 Å². The standard InChI is InChI=1S/C10H14N2O2/c1-3-9(2)6-10(7-11,12-8-13)4-5-14-9/h3-6H2,1-2H3. The van der Waals surface area contributed by atoms with E-state index in [2.05, 4.69) is 11.1 Å². The minimum atomic E-state index is -0.912. The van der Waals surface area contributed by atoms with Gasteiger partial charge in [-0.25, -0.2) is 4.79 Å². The van der Waals surface area contributed by atoms with Crippen molar-refractivity contribution in [3.05, 3.63) is 0 Å². The van der Waals surface area contributed by atoms with Crippen molar-refractivity contribution in [2.75, 3.05) is 6.61 Å². The van der Waals surface area contributed by atoms with Crippen LogP contribution in [0.25, 0.3) is 0 Å². The van der Waals surface area contributed by atoms with Crippen LogP contribution < -0.4 is 0 Å². The Morgan fingerprint density at radius 2 is 2.36 bits per heavy atom. The lowest BCUT2D eigenvalue weighted by atomic mass is 9.81. The van der Waals surface area contributed by atoms with Gasteiger partial charge < -0.3 is 4.74 Å². The van der Waals surface area contributed by atoms with E-state index in [9.17, 15) is 4.79 Å². The molecule has 1 rings (SSSR count). The summed E-state index contributed by atoms with van der Waals surface area (Å²) in [4.78, 5) is 13.9. The number of nitrogens with zero attached hydrogens (tertiary/aromatic N) is 2. The molecular weight excluding hydrogens is 180 g/mol. The monoisotopic (exact) mass is 194 g/mol. The molecule has 1 aliphatic heterocycles. The average molecular weight is 194 g/mol. The van der Waals surface area contributed by atoms with Crippen LogP contribution in [0.5, 0.6) is 0 Å². The number of isocyanates is 1. The maximum atomic E-state index is 10.3. The molecule has 0 amide bonds. The Kier molecular flexibility index (Phi) is 3.05. The van der Waals surface area contributed by atoms with Gasteiger partial charge in [0, 0.05) is 12.8 Å². The molecule has 1 heterocycles. The molecular formula is C10H14N2O2. The fourth-order valence-corrected chi connectivity index (χ4v) is 1.75. The molecule has 0 aromatic rings. The molecule has 0 N–H and O–H groups in total. The molecule has 4 heteroatoms. The van der Waals surface area contributed by atoms with Crippen molar-refractivity contribution in [1.82, 2.24) is 0 Å². The van der Waals surface area contributed by atoms with Crippen LogP contribution in [0.3, 0.4) is 0 Å². The van der Waals surface area contributed by atoms with Gasteiger partial charge in [-0.15, -0.1) is 0 Å². The van der Waals surface area contributed by atoms with Gasteiger partial charge in [-0.3, -0.25) is 0 Å².